The molecule has 23 heavy (non-hydrogen) atoms. The first-order chi connectivity index (χ1) is 10.9. The Kier molecular flexibility index (Phi) is 3.93. The standard InChI is InChI=1S/C15H20N6O2/c16-13(17)12-14(18)21(15(23)19-12)6-10-3-1-9(2-4-10)5-20-7-11(22)8-20/h1-4,11,22H,5-8,18H2,(H3,16,17)(H,19,23). The number of aromatic nitrogens is 2. The smallest absolute Gasteiger partial charge is 0.328 e. The van der Waals surface area contributed by atoms with E-state index in [-0.39, 0.29) is 29.1 Å². The Bertz CT molecular complexity index is 770. The average Bonchev–Trinajstić information content (AvgIpc) is 2.76. The molecule has 2 heterocycles. The molecule has 0 bridgehead atoms. The van der Waals surface area contributed by atoms with Crippen LogP contribution in [-0.2, 0) is 13.1 Å². The van der Waals surface area contributed by atoms with Crippen LogP contribution in [0.1, 0.15) is 16.8 Å². The number of aromatic amines is 1. The highest BCUT2D eigenvalue weighted by Crippen LogP contribution is 2.15. The third kappa shape index (κ3) is 3.13. The van der Waals surface area contributed by atoms with Crippen molar-refractivity contribution in [1.29, 1.82) is 5.41 Å². The Balaban J connectivity index is 1.71. The van der Waals surface area contributed by atoms with Crippen LogP contribution in [0.15, 0.2) is 29.1 Å². The maximum Gasteiger partial charge on any atom is 0.328 e. The topological polar surface area (TPSA) is 137 Å². The molecule has 0 amide bonds. The fraction of sp³-hybridized carbons (Fsp3) is 0.333. The van der Waals surface area contributed by atoms with E-state index < -0.39 is 0 Å². The van der Waals surface area contributed by atoms with Gasteiger partial charge in [0.1, 0.15) is 17.3 Å². The SMILES string of the molecule is N=C(N)c1[nH]c(=O)n(Cc2ccc(CN3CC(O)C3)cc2)c1N. The molecule has 0 radical (unpaired) electrons. The minimum atomic E-state index is -0.383. The van der Waals surface area contributed by atoms with Crippen LogP contribution in [0.25, 0.3) is 0 Å². The van der Waals surface area contributed by atoms with E-state index in [0.717, 1.165) is 17.7 Å². The van der Waals surface area contributed by atoms with Crippen LogP contribution in [0.3, 0.4) is 0 Å². The van der Waals surface area contributed by atoms with Gasteiger partial charge >= 0.3 is 5.69 Å². The number of hydrogen-bond acceptors (Lipinski definition) is 5. The number of hydrogen-bond donors (Lipinski definition) is 5. The molecule has 0 atom stereocenters. The van der Waals surface area contributed by atoms with E-state index in [1.807, 2.05) is 24.3 Å². The van der Waals surface area contributed by atoms with Gasteiger partial charge < -0.3 is 21.6 Å². The number of likely N-dealkylation sites (tertiary alicyclic amines) is 1. The average molecular weight is 316 g/mol. The number of aliphatic hydroxyl groups is 1. The van der Waals surface area contributed by atoms with Crippen LogP contribution < -0.4 is 17.2 Å². The Morgan fingerprint density at radius 2 is 1.83 bits per heavy atom. The molecule has 7 N–H and O–H groups in total. The highest BCUT2D eigenvalue weighted by atomic mass is 16.3. The molecule has 2 aromatic rings. The summed E-state index contributed by atoms with van der Waals surface area (Å²) in [5, 5.41) is 16.7. The van der Waals surface area contributed by atoms with Crippen molar-refractivity contribution in [3.8, 4) is 0 Å². The molecule has 8 heteroatoms. The van der Waals surface area contributed by atoms with Crippen molar-refractivity contribution in [1.82, 2.24) is 14.5 Å². The minimum Gasteiger partial charge on any atom is -0.390 e. The van der Waals surface area contributed by atoms with E-state index in [4.69, 9.17) is 16.9 Å². The summed E-state index contributed by atoms with van der Waals surface area (Å²) >= 11 is 0. The maximum absolute atomic E-state index is 11.9. The Hall–Kier alpha value is -2.58. The summed E-state index contributed by atoms with van der Waals surface area (Å²) < 4.78 is 1.36. The van der Waals surface area contributed by atoms with E-state index >= 15 is 0 Å². The van der Waals surface area contributed by atoms with Gasteiger partial charge in [0.15, 0.2) is 0 Å². The minimum absolute atomic E-state index is 0.156. The number of rotatable bonds is 5. The normalized spacial score (nSPS) is 15.5. The first-order valence-electron chi connectivity index (χ1n) is 7.35. The molecule has 0 saturated carbocycles. The monoisotopic (exact) mass is 316 g/mol. The summed E-state index contributed by atoms with van der Waals surface area (Å²) in [7, 11) is 0. The van der Waals surface area contributed by atoms with Gasteiger partial charge in [-0.05, 0) is 11.1 Å². The maximum atomic E-state index is 11.9. The van der Waals surface area contributed by atoms with Crippen molar-refractivity contribution in [2.45, 2.75) is 19.2 Å². The summed E-state index contributed by atoms with van der Waals surface area (Å²) in [6.07, 6.45) is -0.201. The van der Waals surface area contributed by atoms with E-state index in [2.05, 4.69) is 9.88 Å². The molecule has 8 nitrogen and oxygen atoms in total. The predicted octanol–water partition coefficient (Wildman–Crippen LogP) is -0.733. The number of benzene rings is 1. The third-order valence-corrected chi connectivity index (χ3v) is 4.00. The lowest BCUT2D eigenvalue weighted by atomic mass is 10.1. The predicted molar refractivity (Wildman–Crippen MR) is 87.3 cm³/mol. The molecule has 3 rings (SSSR count). The summed E-state index contributed by atoms with van der Waals surface area (Å²) in [6.45, 7) is 2.55. The number of nitrogens with one attached hydrogen (secondary N) is 2. The number of anilines is 1. The van der Waals surface area contributed by atoms with Crippen LogP contribution in [-0.4, -0.2) is 44.6 Å². The number of imidazole rings is 1. The number of nitrogens with zero attached hydrogens (tertiary/aromatic N) is 2. The summed E-state index contributed by atoms with van der Waals surface area (Å²) in [5.74, 6) is -0.0911. The molecule has 1 aliphatic heterocycles. The zero-order valence-electron chi connectivity index (χ0n) is 12.6. The van der Waals surface area contributed by atoms with E-state index in [0.29, 0.717) is 19.6 Å². The van der Waals surface area contributed by atoms with Gasteiger partial charge in [-0.25, -0.2) is 4.79 Å². The molecule has 0 unspecified atom stereocenters. The second kappa shape index (κ2) is 5.90. The quantitative estimate of drug-likeness (QED) is 0.366. The highest BCUT2D eigenvalue weighted by molar-refractivity contribution is 5.97. The lowest BCUT2D eigenvalue weighted by Crippen LogP contribution is -2.49. The van der Waals surface area contributed by atoms with Gasteiger partial charge in [0.25, 0.3) is 0 Å². The van der Waals surface area contributed by atoms with Gasteiger partial charge in [0.05, 0.1) is 12.6 Å². The van der Waals surface area contributed by atoms with Crippen molar-refractivity contribution >= 4 is 11.7 Å². The van der Waals surface area contributed by atoms with Crippen LogP contribution in [0, 0.1) is 5.41 Å². The Morgan fingerprint density at radius 3 is 2.30 bits per heavy atom. The first-order valence-corrected chi connectivity index (χ1v) is 7.35. The van der Waals surface area contributed by atoms with Gasteiger partial charge in [-0.3, -0.25) is 14.9 Å². The molecule has 0 aliphatic carbocycles. The highest BCUT2D eigenvalue weighted by Gasteiger charge is 2.23. The van der Waals surface area contributed by atoms with Crippen molar-refractivity contribution in [3.63, 3.8) is 0 Å². The second-order valence-electron chi connectivity index (χ2n) is 5.85. The summed E-state index contributed by atoms with van der Waals surface area (Å²) in [4.78, 5) is 16.6. The van der Waals surface area contributed by atoms with Crippen LogP contribution >= 0.6 is 0 Å². The van der Waals surface area contributed by atoms with Crippen molar-refractivity contribution in [3.05, 3.63) is 51.6 Å². The zero-order valence-corrected chi connectivity index (χ0v) is 12.6. The van der Waals surface area contributed by atoms with Crippen molar-refractivity contribution in [2.24, 2.45) is 5.73 Å². The molecular weight excluding hydrogens is 296 g/mol. The fourth-order valence-corrected chi connectivity index (χ4v) is 2.71. The van der Waals surface area contributed by atoms with E-state index in [1.165, 1.54) is 4.57 Å². The van der Waals surface area contributed by atoms with Crippen molar-refractivity contribution in [2.75, 3.05) is 18.8 Å². The van der Waals surface area contributed by atoms with Gasteiger partial charge in [-0.1, -0.05) is 24.3 Å². The van der Waals surface area contributed by atoms with Gasteiger partial charge in [0, 0.05) is 19.6 Å². The lowest BCUT2D eigenvalue weighted by Gasteiger charge is -2.35. The molecule has 122 valence electrons. The van der Waals surface area contributed by atoms with Crippen LogP contribution in [0.2, 0.25) is 0 Å². The molecule has 0 spiro atoms. The number of nitrogen functional groups attached to an aromatic ring is 2. The first kappa shape index (κ1) is 15.3. The summed E-state index contributed by atoms with van der Waals surface area (Å²) in [6, 6.07) is 7.88. The third-order valence-electron chi connectivity index (χ3n) is 4.00. The molecular formula is C15H20N6O2. The zero-order chi connectivity index (χ0) is 16.6. The molecule has 1 aromatic carbocycles. The second-order valence-corrected chi connectivity index (χ2v) is 5.85. The van der Waals surface area contributed by atoms with E-state index in [1.54, 1.807) is 0 Å². The van der Waals surface area contributed by atoms with E-state index in [9.17, 15) is 9.90 Å². The number of H-pyrrole nitrogens is 1. The fourth-order valence-electron chi connectivity index (χ4n) is 2.71. The summed E-state index contributed by atoms with van der Waals surface area (Å²) in [5.41, 5.74) is 13.1. The van der Waals surface area contributed by atoms with Gasteiger partial charge in [0.2, 0.25) is 0 Å². The van der Waals surface area contributed by atoms with Gasteiger partial charge in [-0.15, -0.1) is 0 Å². The largest absolute Gasteiger partial charge is 0.390 e. The van der Waals surface area contributed by atoms with Gasteiger partial charge in [-0.2, -0.15) is 0 Å². The lowest BCUT2D eigenvalue weighted by molar-refractivity contribution is -0.00286. The van der Waals surface area contributed by atoms with Crippen LogP contribution in [0.4, 0.5) is 5.82 Å². The molecule has 1 aliphatic rings. The Morgan fingerprint density at radius 1 is 1.26 bits per heavy atom. The Labute approximate surface area is 132 Å². The number of β-amino-alcohol motifs (C(OH)–C–C–N with tert-alkyl or cyclic N) is 1. The number of nitrogens with two attached hydrogens (primary N) is 2. The number of amidine groups is 1. The van der Waals surface area contributed by atoms with Crippen LogP contribution in [0.5, 0.6) is 0 Å². The molecule has 1 saturated heterocycles. The number of aliphatic hydroxyl groups excluding tert-OH is 1. The van der Waals surface area contributed by atoms with Crippen molar-refractivity contribution < 1.29 is 5.11 Å². The molecule has 1 fully saturated rings. The molecule has 1 aromatic heterocycles.